The molecule has 1 atom stereocenters. The first-order valence-corrected chi connectivity index (χ1v) is 2.83. The van der Waals surface area contributed by atoms with Crippen LogP contribution in [-0.2, 0) is 19.5 Å². The molecule has 0 aromatic rings. The molecule has 0 nitrogen and oxygen atoms in total. The van der Waals surface area contributed by atoms with Crippen LogP contribution in [0.2, 0.25) is 0 Å². The second-order valence-electron chi connectivity index (χ2n) is 1.19. The third-order valence-corrected chi connectivity index (χ3v) is 1.21. The zero-order chi connectivity index (χ0) is 4.28. The number of hydrogen-bond donors (Lipinski definition) is 0. The molecule has 34 valence electrons. The predicted molar refractivity (Wildman–Crippen MR) is 28.7 cm³/mol. The molecule has 2 heteroatoms. The summed E-state index contributed by atoms with van der Waals surface area (Å²) in [7, 11) is 0. The second kappa shape index (κ2) is 6.10. The molecule has 0 saturated carbocycles. The van der Waals surface area contributed by atoms with Gasteiger partial charge in [-0.25, -0.2) is 0 Å². The van der Waals surface area contributed by atoms with Crippen LogP contribution in [-0.4, -0.2) is 4.83 Å². The molecule has 0 aromatic carbocycles. The number of alkyl halides is 1. The van der Waals surface area contributed by atoms with Crippen molar-refractivity contribution in [2.45, 2.75) is 25.1 Å². The maximum Gasteiger partial charge on any atom is 0.0114 e. The minimum Gasteiger partial charge on any atom is -0.0894 e. The zero-order valence-electron chi connectivity index (χ0n) is 4.37. The first-order chi connectivity index (χ1) is 2.27. The Kier molecular flexibility index (Phi) is 10.3. The molecule has 0 fully saturated rings. The summed E-state index contributed by atoms with van der Waals surface area (Å²) in [6.45, 7) is 4.29. The Labute approximate surface area is 60.6 Å². The van der Waals surface area contributed by atoms with Crippen molar-refractivity contribution in [2.75, 3.05) is 0 Å². The molecule has 0 aliphatic carbocycles. The van der Waals surface area contributed by atoms with Crippen LogP contribution in [0.3, 0.4) is 0 Å². The van der Waals surface area contributed by atoms with E-state index >= 15 is 0 Å². The van der Waals surface area contributed by atoms with Crippen molar-refractivity contribution in [1.29, 1.82) is 0 Å². The average Bonchev–Trinajstić information content (AvgIpc) is 1.38. The molecule has 0 bridgehead atoms. The Morgan fingerprint density at radius 3 is 1.83 bits per heavy atom. The van der Waals surface area contributed by atoms with Gasteiger partial charge in [0.15, 0.2) is 0 Å². The third-order valence-electron chi connectivity index (χ3n) is 0.563. The molecular formula is C4H9BrZn. The predicted octanol–water partition coefficient (Wildman–Crippen LogP) is 2.18. The average molecular weight is 202 g/mol. The van der Waals surface area contributed by atoms with Crippen LogP contribution in [0.15, 0.2) is 0 Å². The molecule has 0 amide bonds. The summed E-state index contributed by atoms with van der Waals surface area (Å²) in [5, 5.41) is 0. The van der Waals surface area contributed by atoms with Crippen LogP contribution in [0.4, 0.5) is 0 Å². The fourth-order valence-corrected chi connectivity index (χ4v) is 0. The van der Waals surface area contributed by atoms with Gasteiger partial charge in [-0.3, -0.25) is 0 Å². The van der Waals surface area contributed by atoms with Crippen LogP contribution < -0.4 is 0 Å². The van der Waals surface area contributed by atoms with E-state index in [1.807, 2.05) is 0 Å². The van der Waals surface area contributed by atoms with Crippen molar-refractivity contribution in [3.63, 3.8) is 0 Å². The molecule has 0 aliphatic heterocycles. The van der Waals surface area contributed by atoms with Gasteiger partial charge >= 0.3 is 0 Å². The van der Waals surface area contributed by atoms with E-state index < -0.39 is 0 Å². The molecule has 6 heavy (non-hydrogen) atoms. The van der Waals surface area contributed by atoms with Crippen LogP contribution in [0.25, 0.3) is 0 Å². The third kappa shape index (κ3) is 8.92. The summed E-state index contributed by atoms with van der Waals surface area (Å²) < 4.78 is 0. The topological polar surface area (TPSA) is 0 Å². The maximum absolute atomic E-state index is 3.37. The van der Waals surface area contributed by atoms with Crippen molar-refractivity contribution in [1.82, 2.24) is 0 Å². The minimum atomic E-state index is 0. The molecule has 0 heterocycles. The standard InChI is InChI=1S/C4H9Br.Zn/c1-3-4(2)5;/h4H,3H2,1-2H3;. The monoisotopic (exact) mass is 200 g/mol. The first kappa shape index (κ1) is 10.2. The van der Waals surface area contributed by atoms with Crippen molar-refractivity contribution < 1.29 is 19.5 Å². The van der Waals surface area contributed by atoms with Gasteiger partial charge in [0, 0.05) is 24.3 Å². The summed E-state index contributed by atoms with van der Waals surface area (Å²) in [4.78, 5) is 0.697. The van der Waals surface area contributed by atoms with Crippen molar-refractivity contribution in [3.8, 4) is 0 Å². The van der Waals surface area contributed by atoms with Gasteiger partial charge in [-0.05, 0) is 6.42 Å². The van der Waals surface area contributed by atoms with E-state index in [4.69, 9.17) is 0 Å². The van der Waals surface area contributed by atoms with Gasteiger partial charge < -0.3 is 0 Å². The molecule has 1 unspecified atom stereocenters. The smallest absolute Gasteiger partial charge is 0.0114 e. The fraction of sp³-hybridized carbons (Fsp3) is 1.00. The van der Waals surface area contributed by atoms with E-state index in [1.165, 1.54) is 6.42 Å². The summed E-state index contributed by atoms with van der Waals surface area (Å²) in [5.74, 6) is 0. The van der Waals surface area contributed by atoms with Gasteiger partial charge in [0.1, 0.15) is 0 Å². The number of hydrogen-bond acceptors (Lipinski definition) is 0. The van der Waals surface area contributed by atoms with Gasteiger partial charge in [0.25, 0.3) is 0 Å². The van der Waals surface area contributed by atoms with E-state index in [-0.39, 0.29) is 19.5 Å². The molecular weight excluding hydrogens is 193 g/mol. The van der Waals surface area contributed by atoms with Gasteiger partial charge in [0.2, 0.25) is 0 Å². The molecule has 0 saturated heterocycles. The zero-order valence-corrected chi connectivity index (χ0v) is 8.92. The quantitative estimate of drug-likeness (QED) is 0.452. The normalized spacial score (nSPS) is 12.5. The summed E-state index contributed by atoms with van der Waals surface area (Å²) in [6, 6.07) is 0. The second-order valence-corrected chi connectivity index (χ2v) is 2.75. The van der Waals surface area contributed by atoms with Crippen molar-refractivity contribution in [3.05, 3.63) is 0 Å². The van der Waals surface area contributed by atoms with Crippen LogP contribution in [0.1, 0.15) is 20.3 Å². The summed E-state index contributed by atoms with van der Waals surface area (Å²) in [6.07, 6.45) is 1.22. The molecule has 0 radical (unpaired) electrons. The maximum atomic E-state index is 3.37. The van der Waals surface area contributed by atoms with Crippen LogP contribution >= 0.6 is 15.9 Å². The Balaban J connectivity index is 0. The van der Waals surface area contributed by atoms with E-state index in [1.54, 1.807) is 0 Å². The Hall–Kier alpha value is 1.10. The number of halogens is 1. The van der Waals surface area contributed by atoms with E-state index in [0.29, 0.717) is 4.83 Å². The van der Waals surface area contributed by atoms with Gasteiger partial charge in [0.05, 0.1) is 0 Å². The molecule has 0 rings (SSSR count). The Morgan fingerprint density at radius 2 is 1.83 bits per heavy atom. The summed E-state index contributed by atoms with van der Waals surface area (Å²) >= 11 is 3.37. The fourth-order valence-electron chi connectivity index (χ4n) is 0. The number of rotatable bonds is 1. The van der Waals surface area contributed by atoms with Crippen molar-refractivity contribution >= 4 is 15.9 Å². The van der Waals surface area contributed by atoms with Crippen LogP contribution in [0.5, 0.6) is 0 Å². The van der Waals surface area contributed by atoms with Crippen molar-refractivity contribution in [2.24, 2.45) is 0 Å². The van der Waals surface area contributed by atoms with E-state index in [9.17, 15) is 0 Å². The minimum absolute atomic E-state index is 0. The van der Waals surface area contributed by atoms with Gasteiger partial charge in [-0.2, -0.15) is 0 Å². The first-order valence-electron chi connectivity index (χ1n) is 1.91. The van der Waals surface area contributed by atoms with E-state index in [0.717, 1.165) is 0 Å². The van der Waals surface area contributed by atoms with E-state index in [2.05, 4.69) is 29.8 Å². The van der Waals surface area contributed by atoms with Gasteiger partial charge in [-0.15, -0.1) is 0 Å². The SMILES string of the molecule is CCC(C)Br.[Zn]. The molecule has 0 N–H and O–H groups in total. The largest absolute Gasteiger partial charge is 0.0894 e. The molecule has 0 aliphatic rings. The Morgan fingerprint density at radius 1 is 1.67 bits per heavy atom. The molecule has 0 spiro atoms. The van der Waals surface area contributed by atoms with Gasteiger partial charge in [-0.1, -0.05) is 29.8 Å². The summed E-state index contributed by atoms with van der Waals surface area (Å²) in [5.41, 5.74) is 0. The Bertz CT molecular complexity index is 21.5. The van der Waals surface area contributed by atoms with Crippen LogP contribution in [0, 0.1) is 0 Å². The molecule has 0 aromatic heterocycles.